The lowest BCUT2D eigenvalue weighted by Gasteiger charge is -2.19. The molecule has 8 heteroatoms. The van der Waals surface area contributed by atoms with Gasteiger partial charge in [-0.2, -0.15) is 10.4 Å². The van der Waals surface area contributed by atoms with Crippen LogP contribution in [-0.4, -0.2) is 27.3 Å². The Kier molecular flexibility index (Phi) is 6.37. The summed E-state index contributed by atoms with van der Waals surface area (Å²) in [5, 5.41) is 13.8. The van der Waals surface area contributed by atoms with E-state index in [9.17, 15) is 9.59 Å². The van der Waals surface area contributed by atoms with E-state index in [4.69, 9.17) is 27.3 Å². The molecular formula is C24H23ClN4O3. The molecule has 1 heterocycles. The van der Waals surface area contributed by atoms with Gasteiger partial charge in [-0.15, -0.1) is 0 Å². The Morgan fingerprint density at radius 3 is 2.38 bits per heavy atom. The van der Waals surface area contributed by atoms with Crippen LogP contribution in [0.3, 0.4) is 0 Å². The number of hydrogen-bond acceptors (Lipinski definition) is 5. The Balaban J connectivity index is 1.92. The Labute approximate surface area is 191 Å². The monoisotopic (exact) mass is 450 g/mol. The molecule has 32 heavy (non-hydrogen) atoms. The summed E-state index contributed by atoms with van der Waals surface area (Å²) in [5.74, 6) is -1.06. The average Bonchev–Trinajstić information content (AvgIpc) is 3.03. The number of amides is 1. The maximum atomic E-state index is 12.2. The van der Waals surface area contributed by atoms with Crippen LogP contribution in [0.1, 0.15) is 58.4 Å². The molecule has 2 aromatic carbocycles. The number of rotatable bonds is 5. The first-order chi connectivity index (χ1) is 15.0. The fourth-order valence-electron chi connectivity index (χ4n) is 3.24. The second kappa shape index (κ2) is 8.85. The smallest absolute Gasteiger partial charge is 0.338 e. The van der Waals surface area contributed by atoms with E-state index in [2.05, 4.69) is 5.10 Å². The van der Waals surface area contributed by atoms with Gasteiger partial charge in [0, 0.05) is 11.3 Å². The van der Waals surface area contributed by atoms with Crippen LogP contribution in [-0.2, 0) is 11.3 Å². The van der Waals surface area contributed by atoms with E-state index < -0.39 is 17.5 Å². The number of benzene rings is 2. The maximum Gasteiger partial charge on any atom is 0.338 e. The molecule has 3 aromatic rings. The first-order valence-corrected chi connectivity index (χ1v) is 10.3. The van der Waals surface area contributed by atoms with E-state index in [1.165, 1.54) is 0 Å². The highest BCUT2D eigenvalue weighted by molar-refractivity contribution is 6.32. The predicted molar refractivity (Wildman–Crippen MR) is 121 cm³/mol. The largest absolute Gasteiger partial charge is 0.456 e. The van der Waals surface area contributed by atoms with E-state index in [1.807, 2.05) is 45.9 Å². The van der Waals surface area contributed by atoms with Crippen LogP contribution in [0.5, 0.6) is 0 Å². The fraction of sp³-hybridized carbons (Fsp3) is 0.250. The van der Waals surface area contributed by atoms with E-state index in [1.54, 1.807) is 35.0 Å². The van der Waals surface area contributed by atoms with Crippen molar-refractivity contribution in [3.63, 3.8) is 0 Å². The molecule has 0 aliphatic rings. The molecular weight excluding hydrogens is 428 g/mol. The number of aromatic nitrogens is 2. The zero-order chi connectivity index (χ0) is 23.6. The second-order valence-electron chi connectivity index (χ2n) is 8.34. The molecule has 0 radical (unpaired) electrons. The highest BCUT2D eigenvalue weighted by atomic mass is 35.5. The molecule has 3 rings (SSSR count). The summed E-state index contributed by atoms with van der Waals surface area (Å²) in [7, 11) is 0. The first-order valence-electron chi connectivity index (χ1n) is 9.89. The normalized spacial score (nSPS) is 11.1. The molecule has 7 nitrogen and oxygen atoms in total. The van der Waals surface area contributed by atoms with Gasteiger partial charge >= 0.3 is 5.97 Å². The molecule has 0 spiro atoms. The third-order valence-electron chi connectivity index (χ3n) is 4.74. The number of halogens is 1. The minimum absolute atomic E-state index is 0.119. The van der Waals surface area contributed by atoms with Gasteiger partial charge in [-0.1, -0.05) is 29.8 Å². The third kappa shape index (κ3) is 4.98. The van der Waals surface area contributed by atoms with Crippen molar-refractivity contribution in [2.24, 2.45) is 5.73 Å². The Bertz CT molecular complexity index is 1230. The van der Waals surface area contributed by atoms with Gasteiger partial charge in [-0.25, -0.2) is 4.79 Å². The zero-order valence-corrected chi connectivity index (χ0v) is 19.0. The van der Waals surface area contributed by atoms with Crippen molar-refractivity contribution in [1.29, 1.82) is 5.26 Å². The minimum Gasteiger partial charge on any atom is -0.456 e. The molecule has 1 amide bonds. The molecule has 0 saturated carbocycles. The van der Waals surface area contributed by atoms with Gasteiger partial charge in [0.15, 0.2) is 5.69 Å². The van der Waals surface area contributed by atoms with Crippen molar-refractivity contribution in [3.05, 3.63) is 75.6 Å². The first kappa shape index (κ1) is 23.0. The van der Waals surface area contributed by atoms with Crippen LogP contribution >= 0.6 is 11.6 Å². The molecule has 0 atom stereocenters. The minimum atomic E-state index is -0.664. The third-order valence-corrected chi connectivity index (χ3v) is 5.05. The second-order valence-corrected chi connectivity index (χ2v) is 8.74. The van der Waals surface area contributed by atoms with Gasteiger partial charge in [0.2, 0.25) is 0 Å². The molecule has 2 N–H and O–H groups in total. The summed E-state index contributed by atoms with van der Waals surface area (Å²) < 4.78 is 7.05. The summed E-state index contributed by atoms with van der Waals surface area (Å²) in [4.78, 5) is 24.3. The van der Waals surface area contributed by atoms with E-state index in [0.29, 0.717) is 28.8 Å². The van der Waals surface area contributed by atoms with E-state index in [-0.39, 0.29) is 10.7 Å². The van der Waals surface area contributed by atoms with Crippen LogP contribution in [0.2, 0.25) is 5.02 Å². The summed E-state index contributed by atoms with van der Waals surface area (Å²) >= 11 is 6.18. The van der Waals surface area contributed by atoms with Crippen LogP contribution in [0.4, 0.5) is 0 Å². The number of ether oxygens (including phenoxy) is 1. The number of carbonyl (C=O) groups is 2. The van der Waals surface area contributed by atoms with E-state index >= 15 is 0 Å². The molecule has 0 aliphatic heterocycles. The van der Waals surface area contributed by atoms with Crippen LogP contribution in [0, 0.1) is 18.3 Å². The van der Waals surface area contributed by atoms with Crippen molar-refractivity contribution in [2.75, 3.05) is 0 Å². The predicted octanol–water partition coefficient (Wildman–Crippen LogP) is 4.49. The number of nitrogens with two attached hydrogens (primary N) is 1. The van der Waals surface area contributed by atoms with Gasteiger partial charge in [-0.3, -0.25) is 9.48 Å². The number of nitrogens with zero attached hydrogens (tertiary/aromatic N) is 3. The van der Waals surface area contributed by atoms with Crippen molar-refractivity contribution in [2.45, 2.75) is 39.8 Å². The van der Waals surface area contributed by atoms with Crippen LogP contribution in [0.15, 0.2) is 42.5 Å². The lowest BCUT2D eigenvalue weighted by molar-refractivity contribution is 0.00694. The number of hydrogen-bond donors (Lipinski definition) is 1. The lowest BCUT2D eigenvalue weighted by atomic mass is 10.0. The maximum absolute atomic E-state index is 12.2. The molecule has 0 saturated heterocycles. The van der Waals surface area contributed by atoms with Gasteiger partial charge < -0.3 is 10.5 Å². The Hall–Kier alpha value is -3.63. The lowest BCUT2D eigenvalue weighted by Crippen LogP contribution is -2.23. The summed E-state index contributed by atoms with van der Waals surface area (Å²) in [6, 6.07) is 13.9. The number of carbonyl (C=O) groups excluding carboxylic acids is 2. The van der Waals surface area contributed by atoms with Gasteiger partial charge in [0.05, 0.1) is 22.7 Å². The van der Waals surface area contributed by atoms with E-state index in [0.717, 1.165) is 11.3 Å². The molecule has 0 unspecified atom stereocenters. The topological polar surface area (TPSA) is 111 Å². The molecule has 1 aromatic heterocycles. The molecule has 164 valence electrons. The fourth-order valence-corrected chi connectivity index (χ4v) is 3.46. The Morgan fingerprint density at radius 2 is 1.84 bits per heavy atom. The molecule has 0 bridgehead atoms. The van der Waals surface area contributed by atoms with Gasteiger partial charge in [-0.05, 0) is 63.1 Å². The van der Waals surface area contributed by atoms with Gasteiger partial charge in [0.25, 0.3) is 5.91 Å². The molecule has 0 aliphatic carbocycles. The number of nitriles is 1. The average molecular weight is 451 g/mol. The van der Waals surface area contributed by atoms with Crippen molar-refractivity contribution >= 4 is 23.5 Å². The van der Waals surface area contributed by atoms with Crippen LogP contribution < -0.4 is 5.73 Å². The number of esters is 1. The van der Waals surface area contributed by atoms with Crippen molar-refractivity contribution in [3.8, 4) is 17.2 Å². The van der Waals surface area contributed by atoms with Crippen molar-refractivity contribution < 1.29 is 14.3 Å². The highest BCUT2D eigenvalue weighted by Crippen LogP contribution is 2.31. The van der Waals surface area contributed by atoms with Crippen LogP contribution in [0.25, 0.3) is 11.1 Å². The quantitative estimate of drug-likeness (QED) is 0.576. The highest BCUT2D eigenvalue weighted by Gasteiger charge is 2.22. The standard InChI is InChI=1S/C24H23ClN4O3/c1-14-20(17-9-10-18(12-26)19(25)11-17)21(22(27)30)28-29(14)13-15-5-7-16(8-6-15)23(31)32-24(2,3)4/h5-11H,13H2,1-4H3,(H2,27,30). The molecule has 0 fully saturated rings. The summed E-state index contributed by atoms with van der Waals surface area (Å²) in [6.45, 7) is 7.64. The Morgan fingerprint density at radius 1 is 1.19 bits per heavy atom. The van der Waals surface area contributed by atoms with Crippen molar-refractivity contribution in [1.82, 2.24) is 9.78 Å². The summed E-state index contributed by atoms with van der Waals surface area (Å²) in [6.07, 6.45) is 0. The van der Waals surface area contributed by atoms with Gasteiger partial charge in [0.1, 0.15) is 11.7 Å². The summed E-state index contributed by atoms with van der Waals surface area (Å²) in [5.41, 5.74) is 8.72. The zero-order valence-electron chi connectivity index (χ0n) is 18.3. The SMILES string of the molecule is Cc1c(-c2ccc(C#N)c(Cl)c2)c(C(N)=O)nn1Cc1ccc(C(=O)OC(C)(C)C)cc1. The number of primary amides is 1.